The first-order valence-corrected chi connectivity index (χ1v) is 6.36. The number of para-hydroxylation sites is 1. The number of hydrogen-bond donors (Lipinski definition) is 2. The molecule has 0 spiro atoms. The molecule has 106 valence electrons. The van der Waals surface area contributed by atoms with E-state index in [4.69, 9.17) is 4.74 Å². The molecule has 2 N–H and O–H groups in total. The van der Waals surface area contributed by atoms with Crippen LogP contribution in [0.15, 0.2) is 24.3 Å². The Hall–Kier alpha value is -1.59. The Bertz CT molecular complexity index is 432. The Morgan fingerprint density at radius 3 is 2.63 bits per heavy atom. The number of benzene rings is 1. The van der Waals surface area contributed by atoms with Crippen molar-refractivity contribution in [2.75, 3.05) is 27.7 Å². The smallest absolute Gasteiger partial charge is 0.299 e. The summed E-state index contributed by atoms with van der Waals surface area (Å²) in [4.78, 5) is 12.2. The quantitative estimate of drug-likeness (QED) is 0.601. The number of nitrogens with one attached hydrogen (secondary N) is 1. The third kappa shape index (κ3) is 4.54. The van der Waals surface area contributed by atoms with Gasteiger partial charge in [-0.15, -0.1) is 0 Å². The van der Waals surface area contributed by atoms with Crippen LogP contribution in [0, 0.1) is 0 Å². The number of carbonyl (C=O) groups excluding carboxylic acids is 1. The predicted octanol–water partition coefficient (Wildman–Crippen LogP) is 1.19. The van der Waals surface area contributed by atoms with E-state index in [9.17, 15) is 9.90 Å². The molecule has 0 aliphatic heterocycles. The Labute approximate surface area is 114 Å². The molecule has 1 aromatic rings. The van der Waals surface area contributed by atoms with Crippen LogP contribution in [-0.2, 0) is 0 Å². The van der Waals surface area contributed by atoms with Crippen molar-refractivity contribution in [3.8, 4) is 5.75 Å². The molecule has 1 unspecified atom stereocenters. The molecule has 0 saturated heterocycles. The van der Waals surface area contributed by atoms with E-state index in [2.05, 4.69) is 5.43 Å². The lowest BCUT2D eigenvalue weighted by molar-refractivity contribution is -0.927. The zero-order valence-corrected chi connectivity index (χ0v) is 12.0. The zero-order valence-electron chi connectivity index (χ0n) is 12.0. The number of methoxy groups -OCH3 is 1. The average molecular weight is 267 g/mol. The lowest BCUT2D eigenvalue weighted by atomic mass is 10.2. The number of nitrogens with zero attached hydrogens (tertiary/aromatic N) is 1. The number of rotatable bonds is 6. The first-order chi connectivity index (χ1) is 8.89. The number of aliphatic hydroxyl groups excluding tert-OH is 1. The van der Waals surface area contributed by atoms with Gasteiger partial charge in [0.05, 0.1) is 26.8 Å². The average Bonchev–Trinajstić information content (AvgIpc) is 2.37. The van der Waals surface area contributed by atoms with E-state index < -0.39 is 6.10 Å². The SMILES string of the molecule is CCC(O)C[N+](C)(C)NC(=O)c1ccccc1OC. The summed E-state index contributed by atoms with van der Waals surface area (Å²) in [6.07, 6.45) is 0.222. The molecular weight excluding hydrogens is 244 g/mol. The van der Waals surface area contributed by atoms with Crippen LogP contribution in [0.5, 0.6) is 5.75 Å². The summed E-state index contributed by atoms with van der Waals surface area (Å²) < 4.78 is 5.38. The summed E-state index contributed by atoms with van der Waals surface area (Å²) in [5.41, 5.74) is 3.36. The number of likely N-dealkylation sites (N-methyl/N-ethyl adjacent to an activating group) is 1. The van der Waals surface area contributed by atoms with Gasteiger partial charge in [-0.2, -0.15) is 5.43 Å². The lowest BCUT2D eigenvalue weighted by Crippen LogP contribution is -2.57. The van der Waals surface area contributed by atoms with E-state index in [1.54, 1.807) is 18.2 Å². The molecule has 0 saturated carbocycles. The van der Waals surface area contributed by atoms with Gasteiger partial charge in [-0.25, -0.2) is 4.59 Å². The number of amides is 1. The zero-order chi connectivity index (χ0) is 14.5. The van der Waals surface area contributed by atoms with E-state index in [0.717, 1.165) is 0 Å². The van der Waals surface area contributed by atoms with Gasteiger partial charge in [0.2, 0.25) is 0 Å². The van der Waals surface area contributed by atoms with Gasteiger partial charge in [0.25, 0.3) is 5.91 Å². The highest BCUT2D eigenvalue weighted by Crippen LogP contribution is 2.17. The monoisotopic (exact) mass is 267 g/mol. The highest BCUT2D eigenvalue weighted by molar-refractivity contribution is 5.96. The summed E-state index contributed by atoms with van der Waals surface area (Å²) in [5, 5.41) is 9.69. The molecule has 1 amide bonds. The summed E-state index contributed by atoms with van der Waals surface area (Å²) >= 11 is 0. The Balaban J connectivity index is 2.78. The Morgan fingerprint density at radius 2 is 2.05 bits per heavy atom. The van der Waals surface area contributed by atoms with Crippen LogP contribution < -0.4 is 10.2 Å². The minimum absolute atomic E-state index is 0.214. The number of ether oxygens (including phenoxy) is 1. The summed E-state index contributed by atoms with van der Waals surface area (Å²) in [7, 11) is 5.21. The largest absolute Gasteiger partial charge is 0.496 e. The van der Waals surface area contributed by atoms with Gasteiger partial charge in [-0.05, 0) is 18.6 Å². The van der Waals surface area contributed by atoms with Crippen LogP contribution in [0.2, 0.25) is 0 Å². The van der Waals surface area contributed by atoms with Crippen LogP contribution in [0.25, 0.3) is 0 Å². The molecular formula is C14H23N2O3+. The molecule has 1 atom stereocenters. The number of aliphatic hydroxyl groups is 1. The molecule has 0 aliphatic carbocycles. The van der Waals surface area contributed by atoms with Gasteiger partial charge < -0.3 is 9.84 Å². The highest BCUT2D eigenvalue weighted by Gasteiger charge is 2.24. The van der Waals surface area contributed by atoms with Crippen molar-refractivity contribution in [1.82, 2.24) is 5.43 Å². The van der Waals surface area contributed by atoms with Crippen molar-refractivity contribution in [2.45, 2.75) is 19.4 Å². The molecule has 5 heteroatoms. The third-order valence-corrected chi connectivity index (χ3v) is 2.89. The molecule has 0 bridgehead atoms. The van der Waals surface area contributed by atoms with Gasteiger partial charge in [-0.1, -0.05) is 19.1 Å². The Morgan fingerprint density at radius 1 is 1.42 bits per heavy atom. The van der Waals surface area contributed by atoms with Gasteiger partial charge in [0.1, 0.15) is 18.4 Å². The fourth-order valence-electron chi connectivity index (χ4n) is 1.87. The third-order valence-electron chi connectivity index (χ3n) is 2.89. The maximum atomic E-state index is 12.2. The summed E-state index contributed by atoms with van der Waals surface area (Å²) in [6, 6.07) is 7.06. The second-order valence-electron chi connectivity index (χ2n) is 5.07. The van der Waals surface area contributed by atoms with Crippen molar-refractivity contribution in [1.29, 1.82) is 0 Å². The van der Waals surface area contributed by atoms with Crippen molar-refractivity contribution < 1.29 is 19.2 Å². The maximum Gasteiger partial charge on any atom is 0.299 e. The molecule has 19 heavy (non-hydrogen) atoms. The second-order valence-corrected chi connectivity index (χ2v) is 5.07. The minimum atomic E-state index is -0.437. The molecule has 5 nitrogen and oxygen atoms in total. The van der Waals surface area contributed by atoms with E-state index in [0.29, 0.717) is 24.3 Å². The number of carbonyl (C=O) groups is 1. The molecule has 0 fully saturated rings. The minimum Gasteiger partial charge on any atom is -0.496 e. The van der Waals surface area contributed by atoms with Crippen molar-refractivity contribution in [3.63, 3.8) is 0 Å². The molecule has 0 radical (unpaired) electrons. The van der Waals surface area contributed by atoms with Crippen molar-refractivity contribution >= 4 is 5.91 Å². The fourth-order valence-corrected chi connectivity index (χ4v) is 1.87. The van der Waals surface area contributed by atoms with E-state index >= 15 is 0 Å². The van der Waals surface area contributed by atoms with Crippen LogP contribution in [0.1, 0.15) is 23.7 Å². The van der Waals surface area contributed by atoms with Gasteiger partial charge in [0, 0.05) is 0 Å². The highest BCUT2D eigenvalue weighted by atomic mass is 16.5. The molecule has 0 aromatic heterocycles. The predicted molar refractivity (Wildman–Crippen MR) is 73.7 cm³/mol. The molecule has 1 rings (SSSR count). The number of hydrogen-bond acceptors (Lipinski definition) is 3. The van der Waals surface area contributed by atoms with Crippen LogP contribution >= 0.6 is 0 Å². The first-order valence-electron chi connectivity index (χ1n) is 6.36. The topological polar surface area (TPSA) is 58.6 Å². The second kappa shape index (κ2) is 6.54. The summed E-state index contributed by atoms with van der Waals surface area (Å²) in [5.74, 6) is 0.321. The van der Waals surface area contributed by atoms with Gasteiger partial charge >= 0.3 is 0 Å². The van der Waals surface area contributed by atoms with E-state index in [1.165, 1.54) is 7.11 Å². The molecule has 0 heterocycles. The van der Waals surface area contributed by atoms with E-state index in [-0.39, 0.29) is 10.5 Å². The Kier molecular flexibility index (Phi) is 5.32. The molecule has 0 aliphatic rings. The van der Waals surface area contributed by atoms with Crippen LogP contribution in [-0.4, -0.2) is 49.5 Å². The van der Waals surface area contributed by atoms with Gasteiger partial charge in [0.15, 0.2) is 0 Å². The van der Waals surface area contributed by atoms with Crippen molar-refractivity contribution in [2.24, 2.45) is 0 Å². The lowest BCUT2D eigenvalue weighted by Gasteiger charge is -2.30. The fraction of sp³-hybridized carbons (Fsp3) is 0.500. The van der Waals surface area contributed by atoms with Crippen LogP contribution in [0.4, 0.5) is 0 Å². The normalized spacial score (nSPS) is 12.9. The first kappa shape index (κ1) is 15.5. The number of quaternary nitrogens is 1. The summed E-state index contributed by atoms with van der Waals surface area (Å²) in [6.45, 7) is 2.37. The van der Waals surface area contributed by atoms with Crippen LogP contribution in [0.3, 0.4) is 0 Å². The molecule has 1 aromatic carbocycles. The standard InChI is InChI=1S/C14H22N2O3/c1-5-11(17)10-16(2,3)15-14(18)12-8-6-7-9-13(12)19-4/h6-9,11,17H,5,10H2,1-4H3/p+1. The van der Waals surface area contributed by atoms with Gasteiger partial charge in [-0.3, -0.25) is 4.79 Å². The van der Waals surface area contributed by atoms with E-state index in [1.807, 2.05) is 27.1 Å². The van der Waals surface area contributed by atoms with Crippen molar-refractivity contribution in [3.05, 3.63) is 29.8 Å². The maximum absolute atomic E-state index is 12.2.